The highest BCUT2D eigenvalue weighted by Gasteiger charge is 2.25. The number of carbonyl (C=O) groups excluding carboxylic acids is 1. The molecule has 150 valence electrons. The molecule has 3 aromatic rings. The van der Waals surface area contributed by atoms with Crippen LogP contribution in [0, 0.1) is 25.2 Å². The second kappa shape index (κ2) is 8.60. The number of carbonyl (C=O) groups is 1. The van der Waals surface area contributed by atoms with Crippen LogP contribution in [0.2, 0.25) is 0 Å². The molecule has 1 amide bonds. The van der Waals surface area contributed by atoms with E-state index in [4.69, 9.17) is 0 Å². The molecule has 0 saturated heterocycles. The van der Waals surface area contributed by atoms with Gasteiger partial charge in [0.2, 0.25) is 5.91 Å². The monoisotopic (exact) mass is 424 g/mol. The van der Waals surface area contributed by atoms with Gasteiger partial charge in [-0.2, -0.15) is 5.26 Å². The number of nitrogens with zero attached hydrogens (tertiary/aromatic N) is 3. The highest BCUT2D eigenvalue weighted by atomic mass is 32.2. The van der Waals surface area contributed by atoms with E-state index in [9.17, 15) is 10.1 Å². The minimum atomic E-state index is -0.0969. The van der Waals surface area contributed by atoms with Gasteiger partial charge in [-0.3, -0.25) is 4.79 Å². The minimum absolute atomic E-state index is 0.0969. The highest BCUT2D eigenvalue weighted by molar-refractivity contribution is 8.01. The first kappa shape index (κ1) is 20.0. The second-order valence-corrected chi connectivity index (χ2v) is 9.75. The summed E-state index contributed by atoms with van der Waals surface area (Å²) in [4.78, 5) is 17.3. The van der Waals surface area contributed by atoms with Crippen molar-refractivity contribution in [1.29, 1.82) is 5.26 Å². The zero-order valence-corrected chi connectivity index (χ0v) is 18.3. The average Bonchev–Trinajstić information content (AvgIpc) is 3.25. The third kappa shape index (κ3) is 4.05. The maximum atomic E-state index is 12.7. The largest absolute Gasteiger partial charge is 0.327 e. The third-order valence-electron chi connectivity index (χ3n) is 5.67. The lowest BCUT2D eigenvalue weighted by Crippen LogP contribution is -2.21. The Morgan fingerprint density at radius 1 is 1.31 bits per heavy atom. The standard InChI is InChI=1S/C22H24N4OS2/c1-14-15(2)26(16-8-4-3-5-9-16)21(17(14)12-23)25-20(27)13-28-22-24-18-10-6-7-11-19(18)29-22/h6-7,10-11,16H,3-5,8-9,13H2,1-2H3,(H,25,27). The van der Waals surface area contributed by atoms with Gasteiger partial charge in [-0.05, 0) is 44.4 Å². The molecule has 1 aliphatic carbocycles. The Kier molecular flexibility index (Phi) is 5.93. The SMILES string of the molecule is Cc1c(C#N)c(NC(=O)CSc2nc3ccccc3s2)n(C2CCCCC2)c1C. The van der Waals surface area contributed by atoms with Crippen molar-refractivity contribution in [3.8, 4) is 6.07 Å². The van der Waals surface area contributed by atoms with Crippen molar-refractivity contribution < 1.29 is 4.79 Å². The number of nitriles is 1. The Balaban J connectivity index is 1.52. The van der Waals surface area contributed by atoms with E-state index in [-0.39, 0.29) is 11.7 Å². The lowest BCUT2D eigenvalue weighted by molar-refractivity contribution is -0.113. The fourth-order valence-electron chi connectivity index (χ4n) is 4.09. The molecule has 1 aromatic carbocycles. The highest BCUT2D eigenvalue weighted by Crippen LogP contribution is 2.37. The lowest BCUT2D eigenvalue weighted by atomic mass is 9.95. The number of fused-ring (bicyclic) bond motifs is 1. The number of thioether (sulfide) groups is 1. The summed E-state index contributed by atoms with van der Waals surface area (Å²) in [5.41, 5.74) is 3.60. The van der Waals surface area contributed by atoms with Gasteiger partial charge in [0.05, 0.1) is 21.5 Å². The van der Waals surface area contributed by atoms with E-state index in [0.717, 1.165) is 38.7 Å². The van der Waals surface area contributed by atoms with Gasteiger partial charge in [-0.15, -0.1) is 11.3 Å². The molecular formula is C22H24N4OS2. The summed E-state index contributed by atoms with van der Waals surface area (Å²) in [7, 11) is 0. The van der Waals surface area contributed by atoms with Crippen molar-refractivity contribution in [2.75, 3.05) is 11.1 Å². The van der Waals surface area contributed by atoms with E-state index in [1.165, 1.54) is 31.0 Å². The fourth-order valence-corrected chi connectivity index (χ4v) is 5.96. The number of para-hydroxylation sites is 1. The van der Waals surface area contributed by atoms with Gasteiger partial charge in [-0.25, -0.2) is 4.98 Å². The van der Waals surface area contributed by atoms with Crippen LogP contribution in [-0.4, -0.2) is 21.2 Å². The molecule has 0 radical (unpaired) electrons. The summed E-state index contributed by atoms with van der Waals surface area (Å²) in [5, 5.41) is 12.8. The van der Waals surface area contributed by atoms with Gasteiger partial charge in [0.25, 0.3) is 0 Å². The van der Waals surface area contributed by atoms with Crippen LogP contribution in [0.15, 0.2) is 28.6 Å². The zero-order chi connectivity index (χ0) is 20.4. The Morgan fingerprint density at radius 2 is 2.07 bits per heavy atom. The number of aromatic nitrogens is 2. The van der Waals surface area contributed by atoms with Crippen LogP contribution >= 0.6 is 23.1 Å². The first-order valence-corrected chi connectivity index (χ1v) is 11.8. The van der Waals surface area contributed by atoms with Crippen LogP contribution in [0.3, 0.4) is 0 Å². The van der Waals surface area contributed by atoms with Gasteiger partial charge in [0.1, 0.15) is 11.9 Å². The number of nitrogens with one attached hydrogen (secondary N) is 1. The number of hydrogen-bond acceptors (Lipinski definition) is 5. The summed E-state index contributed by atoms with van der Waals surface area (Å²) < 4.78 is 4.21. The first-order chi connectivity index (χ1) is 14.1. The molecule has 1 saturated carbocycles. The van der Waals surface area contributed by atoms with Crippen molar-refractivity contribution in [3.63, 3.8) is 0 Å². The van der Waals surface area contributed by atoms with Gasteiger partial charge >= 0.3 is 0 Å². The van der Waals surface area contributed by atoms with Crippen LogP contribution in [0.5, 0.6) is 0 Å². The van der Waals surface area contributed by atoms with E-state index >= 15 is 0 Å². The molecule has 4 rings (SSSR count). The van der Waals surface area contributed by atoms with Gasteiger partial charge in [0.15, 0.2) is 4.34 Å². The average molecular weight is 425 g/mol. The summed E-state index contributed by atoms with van der Waals surface area (Å²) in [6.45, 7) is 4.02. The lowest BCUT2D eigenvalue weighted by Gasteiger charge is -2.27. The molecule has 0 bridgehead atoms. The van der Waals surface area contributed by atoms with Crippen LogP contribution < -0.4 is 5.32 Å². The molecule has 2 heterocycles. The Labute approximate surface area is 179 Å². The second-order valence-electron chi connectivity index (χ2n) is 7.49. The minimum Gasteiger partial charge on any atom is -0.327 e. The number of anilines is 1. The van der Waals surface area contributed by atoms with E-state index in [0.29, 0.717) is 17.4 Å². The Hall–Kier alpha value is -2.30. The number of amides is 1. The van der Waals surface area contributed by atoms with E-state index in [2.05, 4.69) is 27.9 Å². The maximum Gasteiger partial charge on any atom is 0.235 e. The molecule has 0 atom stereocenters. The van der Waals surface area contributed by atoms with Crippen molar-refractivity contribution in [3.05, 3.63) is 41.1 Å². The number of thiazole rings is 1. The van der Waals surface area contributed by atoms with Gasteiger partial charge in [0, 0.05) is 11.7 Å². The van der Waals surface area contributed by atoms with Crippen LogP contribution in [-0.2, 0) is 4.79 Å². The number of rotatable bonds is 5. The quantitative estimate of drug-likeness (QED) is 0.524. The predicted octanol–water partition coefficient (Wildman–Crippen LogP) is 5.82. The molecule has 7 heteroatoms. The van der Waals surface area contributed by atoms with Crippen molar-refractivity contribution in [2.24, 2.45) is 0 Å². The van der Waals surface area contributed by atoms with Gasteiger partial charge < -0.3 is 9.88 Å². The Bertz CT molecular complexity index is 1050. The van der Waals surface area contributed by atoms with Crippen molar-refractivity contribution in [1.82, 2.24) is 9.55 Å². The summed E-state index contributed by atoms with van der Waals surface area (Å²) >= 11 is 3.04. The normalized spacial score (nSPS) is 14.8. The molecule has 5 nitrogen and oxygen atoms in total. The molecule has 0 spiro atoms. The first-order valence-electron chi connectivity index (χ1n) is 9.98. The molecule has 1 aliphatic rings. The molecule has 1 fully saturated rings. The molecule has 2 aromatic heterocycles. The molecule has 1 N–H and O–H groups in total. The van der Waals surface area contributed by atoms with Crippen LogP contribution in [0.1, 0.15) is 55.0 Å². The van der Waals surface area contributed by atoms with E-state index in [1.54, 1.807) is 11.3 Å². The van der Waals surface area contributed by atoms with Gasteiger partial charge in [-0.1, -0.05) is 43.2 Å². The Morgan fingerprint density at radius 3 is 2.79 bits per heavy atom. The topological polar surface area (TPSA) is 70.7 Å². The van der Waals surface area contributed by atoms with Crippen LogP contribution in [0.4, 0.5) is 5.82 Å². The zero-order valence-electron chi connectivity index (χ0n) is 16.7. The van der Waals surface area contributed by atoms with E-state index in [1.807, 2.05) is 31.2 Å². The molecule has 0 aliphatic heterocycles. The molecular weight excluding hydrogens is 400 g/mol. The smallest absolute Gasteiger partial charge is 0.235 e. The van der Waals surface area contributed by atoms with Crippen molar-refractivity contribution >= 4 is 45.0 Å². The maximum absolute atomic E-state index is 12.7. The summed E-state index contributed by atoms with van der Waals surface area (Å²) in [6.07, 6.45) is 5.86. The number of hydrogen-bond donors (Lipinski definition) is 1. The molecule has 29 heavy (non-hydrogen) atoms. The fraction of sp³-hybridized carbons (Fsp3) is 0.409. The third-order valence-corrected chi connectivity index (χ3v) is 7.85. The predicted molar refractivity (Wildman–Crippen MR) is 120 cm³/mol. The van der Waals surface area contributed by atoms with Crippen LogP contribution in [0.25, 0.3) is 10.2 Å². The van der Waals surface area contributed by atoms with Crippen molar-refractivity contribution in [2.45, 2.75) is 56.3 Å². The number of benzene rings is 1. The summed E-state index contributed by atoms with van der Waals surface area (Å²) in [5.74, 6) is 0.850. The van der Waals surface area contributed by atoms with E-state index < -0.39 is 0 Å². The summed E-state index contributed by atoms with van der Waals surface area (Å²) in [6, 6.07) is 10.7. The molecule has 0 unspecified atom stereocenters.